The number of hydrogen-bond donors (Lipinski definition) is 2. The maximum Gasteiger partial charge on any atom is 0.220 e. The van der Waals surface area contributed by atoms with Crippen molar-refractivity contribution in [2.45, 2.75) is 26.2 Å². The van der Waals surface area contributed by atoms with Gasteiger partial charge in [0.15, 0.2) is 0 Å². The topological polar surface area (TPSA) is 55.1 Å². The monoisotopic (exact) mass is 314 g/mol. The van der Waals surface area contributed by atoms with Crippen molar-refractivity contribution in [3.63, 3.8) is 0 Å². The van der Waals surface area contributed by atoms with Crippen molar-refractivity contribution in [1.82, 2.24) is 5.32 Å². The lowest BCUT2D eigenvalue weighted by Gasteiger charge is -2.12. The van der Waals surface area contributed by atoms with E-state index in [-0.39, 0.29) is 17.6 Å². The molecule has 2 aromatic carbocycles. The molecular weight excluding hydrogens is 291 g/mol. The van der Waals surface area contributed by atoms with E-state index >= 15 is 0 Å². The predicted molar refractivity (Wildman–Crippen MR) is 91.5 cm³/mol. The van der Waals surface area contributed by atoms with Gasteiger partial charge in [0, 0.05) is 18.7 Å². The lowest BCUT2D eigenvalue weighted by Crippen LogP contribution is -2.27. The van der Waals surface area contributed by atoms with Crippen LogP contribution in [0, 0.1) is 11.7 Å². The number of nitrogens with one attached hydrogen (secondary N) is 1. The summed E-state index contributed by atoms with van der Waals surface area (Å²) in [5.41, 5.74) is 8.45. The highest BCUT2D eigenvalue weighted by Crippen LogP contribution is 2.13. The van der Waals surface area contributed by atoms with E-state index in [0.717, 1.165) is 23.2 Å². The number of benzene rings is 2. The zero-order valence-electron chi connectivity index (χ0n) is 13.4. The molecule has 23 heavy (non-hydrogen) atoms. The Balaban J connectivity index is 1.70. The molecule has 0 spiro atoms. The molecule has 0 aliphatic carbocycles. The molecule has 3 N–H and O–H groups in total. The second kappa shape index (κ2) is 8.32. The molecule has 2 rings (SSSR count). The minimum atomic E-state index is -0.234. The van der Waals surface area contributed by atoms with Gasteiger partial charge in [0.1, 0.15) is 5.82 Å². The van der Waals surface area contributed by atoms with E-state index in [4.69, 9.17) is 5.73 Å². The first-order valence-electron chi connectivity index (χ1n) is 7.88. The largest absolute Gasteiger partial charge is 0.399 e. The molecule has 4 heteroatoms. The van der Waals surface area contributed by atoms with Crippen LogP contribution in [0.2, 0.25) is 0 Å². The van der Waals surface area contributed by atoms with Crippen LogP contribution in [-0.4, -0.2) is 12.5 Å². The summed E-state index contributed by atoms with van der Waals surface area (Å²) in [5.74, 6) is -0.0275. The molecular formula is C19H23FN2O. The average molecular weight is 314 g/mol. The number of anilines is 1. The first-order chi connectivity index (χ1) is 11.0. The van der Waals surface area contributed by atoms with E-state index in [1.54, 1.807) is 6.07 Å². The van der Waals surface area contributed by atoms with Gasteiger partial charge < -0.3 is 11.1 Å². The van der Waals surface area contributed by atoms with E-state index < -0.39 is 0 Å². The Morgan fingerprint density at radius 3 is 2.61 bits per heavy atom. The molecule has 0 saturated heterocycles. The molecule has 1 amide bonds. The summed E-state index contributed by atoms with van der Waals surface area (Å²) in [5, 5.41) is 2.93. The molecule has 0 bridgehead atoms. The maximum atomic E-state index is 13.1. The van der Waals surface area contributed by atoms with Crippen LogP contribution in [0.5, 0.6) is 0 Å². The Labute approximate surface area is 136 Å². The SMILES string of the molecule is CC(CC(=O)NCCc1ccc(N)cc1)Cc1cccc(F)c1. The summed E-state index contributed by atoms with van der Waals surface area (Å²) < 4.78 is 13.1. The van der Waals surface area contributed by atoms with Gasteiger partial charge in [0.2, 0.25) is 5.91 Å². The van der Waals surface area contributed by atoms with Gasteiger partial charge in [-0.05, 0) is 54.2 Å². The number of halogens is 1. The number of carbonyl (C=O) groups excluding carboxylic acids is 1. The number of hydrogen-bond acceptors (Lipinski definition) is 2. The lowest BCUT2D eigenvalue weighted by atomic mass is 9.97. The second-order valence-corrected chi connectivity index (χ2v) is 5.98. The first kappa shape index (κ1) is 17.0. The van der Waals surface area contributed by atoms with Gasteiger partial charge in [-0.3, -0.25) is 4.79 Å². The van der Waals surface area contributed by atoms with E-state index in [0.29, 0.717) is 19.4 Å². The van der Waals surface area contributed by atoms with E-state index in [9.17, 15) is 9.18 Å². The van der Waals surface area contributed by atoms with Gasteiger partial charge in [0.05, 0.1) is 0 Å². The number of amides is 1. The van der Waals surface area contributed by atoms with Gasteiger partial charge in [-0.25, -0.2) is 4.39 Å². The van der Waals surface area contributed by atoms with E-state index in [2.05, 4.69) is 5.32 Å². The highest BCUT2D eigenvalue weighted by Gasteiger charge is 2.10. The van der Waals surface area contributed by atoms with Gasteiger partial charge >= 0.3 is 0 Å². The number of nitrogens with two attached hydrogens (primary N) is 1. The van der Waals surface area contributed by atoms with Crippen molar-refractivity contribution >= 4 is 11.6 Å². The van der Waals surface area contributed by atoms with Crippen LogP contribution < -0.4 is 11.1 Å². The Morgan fingerprint density at radius 2 is 1.91 bits per heavy atom. The Kier molecular flexibility index (Phi) is 6.15. The summed E-state index contributed by atoms with van der Waals surface area (Å²) in [4.78, 5) is 11.9. The fourth-order valence-corrected chi connectivity index (χ4v) is 2.56. The van der Waals surface area contributed by atoms with Gasteiger partial charge in [-0.1, -0.05) is 31.2 Å². The maximum absolute atomic E-state index is 13.1. The normalized spacial score (nSPS) is 11.9. The fraction of sp³-hybridized carbons (Fsp3) is 0.316. The van der Waals surface area contributed by atoms with Gasteiger partial charge in [-0.15, -0.1) is 0 Å². The summed E-state index contributed by atoms with van der Waals surface area (Å²) in [6.45, 7) is 2.61. The smallest absolute Gasteiger partial charge is 0.220 e. The Bertz CT molecular complexity index is 640. The minimum Gasteiger partial charge on any atom is -0.399 e. The quantitative estimate of drug-likeness (QED) is 0.770. The van der Waals surface area contributed by atoms with Crippen molar-refractivity contribution in [3.8, 4) is 0 Å². The van der Waals surface area contributed by atoms with Crippen LogP contribution in [-0.2, 0) is 17.6 Å². The average Bonchev–Trinajstić information content (AvgIpc) is 2.49. The fourth-order valence-electron chi connectivity index (χ4n) is 2.56. The van der Waals surface area contributed by atoms with Crippen molar-refractivity contribution < 1.29 is 9.18 Å². The van der Waals surface area contributed by atoms with Crippen LogP contribution in [0.25, 0.3) is 0 Å². The van der Waals surface area contributed by atoms with Gasteiger partial charge in [0.25, 0.3) is 0 Å². The zero-order chi connectivity index (χ0) is 16.7. The van der Waals surface area contributed by atoms with Crippen molar-refractivity contribution in [2.75, 3.05) is 12.3 Å². The third-order valence-electron chi connectivity index (χ3n) is 3.72. The highest BCUT2D eigenvalue weighted by molar-refractivity contribution is 5.76. The Hall–Kier alpha value is -2.36. The molecule has 0 heterocycles. The molecule has 0 fully saturated rings. The van der Waals surface area contributed by atoms with E-state index in [1.165, 1.54) is 12.1 Å². The highest BCUT2D eigenvalue weighted by atomic mass is 19.1. The van der Waals surface area contributed by atoms with Crippen LogP contribution in [0.15, 0.2) is 48.5 Å². The minimum absolute atomic E-state index is 0.0318. The van der Waals surface area contributed by atoms with Crippen LogP contribution in [0.4, 0.5) is 10.1 Å². The number of nitrogen functional groups attached to an aromatic ring is 1. The van der Waals surface area contributed by atoms with Crippen molar-refractivity contribution in [3.05, 3.63) is 65.5 Å². The number of rotatable bonds is 7. The van der Waals surface area contributed by atoms with Crippen molar-refractivity contribution in [1.29, 1.82) is 0 Å². The first-order valence-corrected chi connectivity index (χ1v) is 7.88. The van der Waals surface area contributed by atoms with Gasteiger partial charge in [-0.2, -0.15) is 0 Å². The molecule has 0 aliphatic rings. The van der Waals surface area contributed by atoms with Crippen LogP contribution >= 0.6 is 0 Å². The third-order valence-corrected chi connectivity index (χ3v) is 3.72. The molecule has 1 unspecified atom stereocenters. The third kappa shape index (κ3) is 6.10. The van der Waals surface area contributed by atoms with Crippen molar-refractivity contribution in [2.24, 2.45) is 5.92 Å². The lowest BCUT2D eigenvalue weighted by molar-refractivity contribution is -0.121. The molecule has 3 nitrogen and oxygen atoms in total. The molecule has 122 valence electrons. The zero-order valence-corrected chi connectivity index (χ0v) is 13.4. The molecule has 0 radical (unpaired) electrons. The number of carbonyl (C=O) groups is 1. The Morgan fingerprint density at radius 1 is 1.17 bits per heavy atom. The summed E-state index contributed by atoms with van der Waals surface area (Å²) >= 11 is 0. The standard InChI is InChI=1S/C19H23FN2O/c1-14(11-16-3-2-4-17(20)13-16)12-19(23)22-10-9-15-5-7-18(21)8-6-15/h2-8,13-14H,9-12,21H2,1H3,(H,22,23). The molecule has 0 aromatic heterocycles. The summed E-state index contributed by atoms with van der Waals surface area (Å²) in [6, 6.07) is 14.2. The summed E-state index contributed by atoms with van der Waals surface area (Å²) in [6.07, 6.45) is 1.92. The summed E-state index contributed by atoms with van der Waals surface area (Å²) in [7, 11) is 0. The molecule has 2 aromatic rings. The van der Waals surface area contributed by atoms with Crippen LogP contribution in [0.3, 0.4) is 0 Å². The van der Waals surface area contributed by atoms with Crippen LogP contribution in [0.1, 0.15) is 24.5 Å². The predicted octanol–water partition coefficient (Wildman–Crippen LogP) is 3.34. The second-order valence-electron chi connectivity index (χ2n) is 5.98. The molecule has 0 saturated carbocycles. The molecule has 1 atom stereocenters. The molecule has 0 aliphatic heterocycles. The van der Waals surface area contributed by atoms with E-state index in [1.807, 2.05) is 37.3 Å².